The number of aliphatic imine (C=N–C) groups is 1. The van der Waals surface area contributed by atoms with Crippen molar-refractivity contribution >= 4 is 5.96 Å². The Morgan fingerprint density at radius 2 is 1.77 bits per heavy atom. The second-order valence-corrected chi connectivity index (χ2v) is 7.25. The lowest BCUT2D eigenvalue weighted by Gasteiger charge is -2.20. The average Bonchev–Trinajstić information content (AvgIpc) is 3.29. The zero-order valence-electron chi connectivity index (χ0n) is 17.9. The molecule has 0 unspecified atom stereocenters. The van der Waals surface area contributed by atoms with Crippen LogP contribution in [0, 0.1) is 0 Å². The molecule has 162 valence electrons. The van der Waals surface area contributed by atoms with Crippen LogP contribution in [0.25, 0.3) is 0 Å². The van der Waals surface area contributed by atoms with Crippen molar-refractivity contribution < 1.29 is 19.3 Å². The van der Waals surface area contributed by atoms with Gasteiger partial charge in [0, 0.05) is 31.3 Å². The molecule has 0 bridgehead atoms. The first-order valence-electron chi connectivity index (χ1n) is 10.3. The third kappa shape index (κ3) is 5.49. The van der Waals surface area contributed by atoms with Crippen LogP contribution in [0.3, 0.4) is 0 Å². The van der Waals surface area contributed by atoms with E-state index < -0.39 is 0 Å². The van der Waals surface area contributed by atoms with Crippen molar-refractivity contribution in [2.24, 2.45) is 4.99 Å². The molecule has 1 saturated carbocycles. The van der Waals surface area contributed by atoms with E-state index in [4.69, 9.17) is 14.2 Å². The lowest BCUT2D eigenvalue weighted by Crippen LogP contribution is -2.36. The summed E-state index contributed by atoms with van der Waals surface area (Å²) in [5, 5.41) is 16.6. The minimum absolute atomic E-state index is 0.207. The van der Waals surface area contributed by atoms with Gasteiger partial charge in [0.15, 0.2) is 17.5 Å². The van der Waals surface area contributed by atoms with Crippen molar-refractivity contribution in [1.82, 2.24) is 10.6 Å². The molecule has 0 spiro atoms. The summed E-state index contributed by atoms with van der Waals surface area (Å²) in [4.78, 5) is 4.28. The number of rotatable bonds is 8. The maximum absolute atomic E-state index is 10.1. The first kappa shape index (κ1) is 21.6. The molecule has 0 saturated heterocycles. The minimum Gasteiger partial charge on any atom is -0.508 e. The number of para-hydroxylation sites is 1. The van der Waals surface area contributed by atoms with Crippen LogP contribution < -0.4 is 24.8 Å². The van der Waals surface area contributed by atoms with Crippen molar-refractivity contribution in [1.29, 1.82) is 0 Å². The predicted octanol–water partition coefficient (Wildman–Crippen LogP) is 3.60. The molecule has 3 rings (SSSR count). The Morgan fingerprint density at radius 3 is 2.43 bits per heavy atom. The fourth-order valence-electron chi connectivity index (χ4n) is 3.58. The summed E-state index contributed by atoms with van der Waals surface area (Å²) in [6, 6.07) is 11.1. The second-order valence-electron chi connectivity index (χ2n) is 7.25. The average molecular weight is 414 g/mol. The third-order valence-corrected chi connectivity index (χ3v) is 5.27. The Labute approximate surface area is 178 Å². The first-order valence-corrected chi connectivity index (χ1v) is 10.3. The van der Waals surface area contributed by atoms with Crippen LogP contribution in [0.4, 0.5) is 0 Å². The molecular weight excluding hydrogens is 382 g/mol. The number of guanidine groups is 1. The predicted molar refractivity (Wildman–Crippen MR) is 118 cm³/mol. The van der Waals surface area contributed by atoms with Gasteiger partial charge in [0.2, 0.25) is 0 Å². The van der Waals surface area contributed by atoms with Gasteiger partial charge in [0.25, 0.3) is 0 Å². The van der Waals surface area contributed by atoms with E-state index in [0.29, 0.717) is 24.8 Å². The number of nitrogens with zero attached hydrogens (tertiary/aromatic N) is 1. The number of methoxy groups -OCH3 is 2. The van der Waals surface area contributed by atoms with Crippen molar-refractivity contribution in [3.8, 4) is 23.0 Å². The monoisotopic (exact) mass is 413 g/mol. The summed E-state index contributed by atoms with van der Waals surface area (Å²) in [6.07, 6.45) is 4.83. The van der Waals surface area contributed by atoms with Crippen molar-refractivity contribution in [3.63, 3.8) is 0 Å². The molecule has 7 heteroatoms. The van der Waals surface area contributed by atoms with Gasteiger partial charge in [-0.2, -0.15) is 0 Å². The van der Waals surface area contributed by atoms with Gasteiger partial charge < -0.3 is 30.0 Å². The van der Waals surface area contributed by atoms with Gasteiger partial charge in [0.05, 0.1) is 20.3 Å². The number of hydrogen-bond donors (Lipinski definition) is 3. The number of phenols is 1. The van der Waals surface area contributed by atoms with Gasteiger partial charge in [-0.15, -0.1) is 0 Å². The SMILES string of the molecule is CN=C(NCc1cc(OC)ccc1O)NCc1cccc(OC)c1OC1CCCC1. The molecule has 1 aliphatic carbocycles. The molecule has 2 aromatic rings. The number of ether oxygens (including phenoxy) is 3. The number of hydrogen-bond acceptors (Lipinski definition) is 5. The summed E-state index contributed by atoms with van der Waals surface area (Å²) >= 11 is 0. The molecule has 0 aromatic heterocycles. The van der Waals surface area contributed by atoms with Crippen LogP contribution in [-0.4, -0.2) is 38.4 Å². The number of aromatic hydroxyl groups is 1. The molecule has 1 aliphatic rings. The number of nitrogens with one attached hydrogen (secondary N) is 2. The third-order valence-electron chi connectivity index (χ3n) is 5.27. The van der Waals surface area contributed by atoms with E-state index >= 15 is 0 Å². The van der Waals surface area contributed by atoms with E-state index in [-0.39, 0.29) is 11.9 Å². The van der Waals surface area contributed by atoms with Crippen LogP contribution in [0.2, 0.25) is 0 Å². The summed E-state index contributed by atoms with van der Waals surface area (Å²) in [6.45, 7) is 0.940. The van der Waals surface area contributed by atoms with Gasteiger partial charge in [-0.25, -0.2) is 0 Å². The Hall–Kier alpha value is -3.09. The molecule has 2 aromatic carbocycles. The maximum atomic E-state index is 10.1. The summed E-state index contributed by atoms with van der Waals surface area (Å²) < 4.78 is 17.1. The normalized spacial score (nSPS) is 14.4. The Bertz CT molecular complexity index is 864. The molecule has 0 atom stereocenters. The highest BCUT2D eigenvalue weighted by Gasteiger charge is 2.20. The Morgan fingerprint density at radius 1 is 1.03 bits per heavy atom. The zero-order chi connectivity index (χ0) is 21.3. The Balaban J connectivity index is 1.64. The van der Waals surface area contributed by atoms with Crippen molar-refractivity contribution in [2.45, 2.75) is 44.9 Å². The van der Waals surface area contributed by atoms with Gasteiger partial charge in [-0.3, -0.25) is 4.99 Å². The highest BCUT2D eigenvalue weighted by Crippen LogP contribution is 2.34. The van der Waals surface area contributed by atoms with Crippen LogP contribution in [0.5, 0.6) is 23.0 Å². The van der Waals surface area contributed by atoms with E-state index in [1.165, 1.54) is 12.8 Å². The van der Waals surface area contributed by atoms with E-state index in [9.17, 15) is 5.11 Å². The van der Waals surface area contributed by atoms with Crippen molar-refractivity contribution in [2.75, 3.05) is 21.3 Å². The largest absolute Gasteiger partial charge is 0.508 e. The van der Waals surface area contributed by atoms with E-state index in [0.717, 1.165) is 35.5 Å². The van der Waals surface area contributed by atoms with E-state index in [1.54, 1.807) is 39.5 Å². The second kappa shape index (κ2) is 10.6. The highest BCUT2D eigenvalue weighted by atomic mass is 16.5. The smallest absolute Gasteiger partial charge is 0.191 e. The van der Waals surface area contributed by atoms with Gasteiger partial charge in [0.1, 0.15) is 11.5 Å². The zero-order valence-corrected chi connectivity index (χ0v) is 17.9. The standard InChI is InChI=1S/C23H31N3O4/c1-24-23(26-15-17-13-19(28-2)11-12-20(17)27)25-14-16-7-6-10-21(29-3)22(16)30-18-8-4-5-9-18/h6-7,10-13,18,27H,4-5,8-9,14-15H2,1-3H3,(H2,24,25,26). The molecule has 0 heterocycles. The maximum Gasteiger partial charge on any atom is 0.191 e. The van der Waals surface area contributed by atoms with E-state index in [1.807, 2.05) is 18.2 Å². The molecule has 7 nitrogen and oxygen atoms in total. The van der Waals surface area contributed by atoms with Crippen LogP contribution in [0.1, 0.15) is 36.8 Å². The van der Waals surface area contributed by atoms with E-state index in [2.05, 4.69) is 15.6 Å². The number of benzene rings is 2. The van der Waals surface area contributed by atoms with Gasteiger partial charge >= 0.3 is 0 Å². The Kier molecular flexibility index (Phi) is 7.65. The fraction of sp³-hybridized carbons (Fsp3) is 0.435. The lowest BCUT2D eigenvalue weighted by atomic mass is 10.1. The molecule has 0 radical (unpaired) electrons. The summed E-state index contributed by atoms with van der Waals surface area (Å²) in [5.74, 6) is 3.05. The van der Waals surface area contributed by atoms with Crippen molar-refractivity contribution in [3.05, 3.63) is 47.5 Å². The molecule has 0 aliphatic heterocycles. The molecule has 0 amide bonds. The highest BCUT2D eigenvalue weighted by molar-refractivity contribution is 5.79. The molecular formula is C23H31N3O4. The summed E-state index contributed by atoms with van der Waals surface area (Å²) in [7, 11) is 4.97. The number of phenolic OH excluding ortho intramolecular Hbond substituents is 1. The van der Waals surface area contributed by atoms with Crippen LogP contribution >= 0.6 is 0 Å². The molecule has 30 heavy (non-hydrogen) atoms. The summed E-state index contributed by atoms with van der Waals surface area (Å²) in [5.41, 5.74) is 1.73. The van der Waals surface area contributed by atoms with Crippen LogP contribution in [-0.2, 0) is 13.1 Å². The minimum atomic E-state index is 0.207. The van der Waals surface area contributed by atoms with Gasteiger partial charge in [-0.1, -0.05) is 12.1 Å². The fourth-order valence-corrected chi connectivity index (χ4v) is 3.58. The quantitative estimate of drug-likeness (QED) is 0.453. The van der Waals surface area contributed by atoms with Gasteiger partial charge in [-0.05, 0) is 49.9 Å². The topological polar surface area (TPSA) is 84.3 Å². The first-order chi connectivity index (χ1) is 14.6. The lowest BCUT2D eigenvalue weighted by molar-refractivity contribution is 0.198. The van der Waals surface area contributed by atoms with Crippen LogP contribution in [0.15, 0.2) is 41.4 Å². The molecule has 1 fully saturated rings. The molecule has 3 N–H and O–H groups in total.